The molecule has 0 aromatic carbocycles. The molecule has 1 aliphatic carbocycles. The molecule has 1 unspecified atom stereocenters. The second-order valence-corrected chi connectivity index (χ2v) is 9.00. The molecule has 156 valence electrons. The highest BCUT2D eigenvalue weighted by molar-refractivity contribution is 7.87. The van der Waals surface area contributed by atoms with Gasteiger partial charge in [0.05, 0.1) is 12.0 Å². The van der Waals surface area contributed by atoms with Crippen LogP contribution in [0.5, 0.6) is 0 Å². The molecule has 1 heterocycles. The highest BCUT2D eigenvalue weighted by atomic mass is 32.2. The fourth-order valence-corrected chi connectivity index (χ4v) is 3.47. The minimum Gasteiger partial charge on any atom is -0.461 e. The Kier molecular flexibility index (Phi) is 5.96. The summed E-state index contributed by atoms with van der Waals surface area (Å²) >= 11 is 0. The average molecular weight is 421 g/mol. The Morgan fingerprint density at radius 3 is 2.39 bits per heavy atom. The van der Waals surface area contributed by atoms with E-state index >= 15 is 0 Å². The summed E-state index contributed by atoms with van der Waals surface area (Å²) in [5, 5.41) is 0.867. The van der Waals surface area contributed by atoms with Crippen LogP contribution in [-0.4, -0.2) is 37.6 Å². The molecule has 10 heteroatoms. The molecule has 1 aromatic heterocycles. The Morgan fingerprint density at radius 2 is 1.89 bits per heavy atom. The smallest absolute Gasteiger partial charge is 0.461 e. The second kappa shape index (κ2) is 7.47. The first-order valence-electron chi connectivity index (χ1n) is 8.57. The van der Waals surface area contributed by atoms with Crippen molar-refractivity contribution in [3.63, 3.8) is 0 Å². The molecule has 0 saturated heterocycles. The SMILES string of the molecule is CCOC(=O)c1cc(C)c2c(n1)=C(C(C)(C)C)CC(OS(=O)(=O)C(F)(F)F)C=2. The number of ether oxygens (including phenoxy) is 1. The molecule has 0 N–H and O–H groups in total. The van der Waals surface area contributed by atoms with Crippen LogP contribution in [0, 0.1) is 12.3 Å². The van der Waals surface area contributed by atoms with Crippen molar-refractivity contribution >= 4 is 27.7 Å². The molecule has 0 radical (unpaired) electrons. The zero-order valence-corrected chi connectivity index (χ0v) is 17.0. The molecule has 0 amide bonds. The predicted octanol–water partition coefficient (Wildman–Crippen LogP) is 2.18. The molecule has 1 atom stereocenters. The molecular weight excluding hydrogens is 399 g/mol. The molecular formula is C18H22F3NO5S. The van der Waals surface area contributed by atoms with Gasteiger partial charge in [0.25, 0.3) is 0 Å². The van der Waals surface area contributed by atoms with Crippen LogP contribution in [0.25, 0.3) is 11.6 Å². The van der Waals surface area contributed by atoms with Gasteiger partial charge < -0.3 is 4.74 Å². The third-order valence-corrected chi connectivity index (χ3v) is 5.30. The van der Waals surface area contributed by atoms with Crippen molar-refractivity contribution in [3.8, 4) is 0 Å². The van der Waals surface area contributed by atoms with E-state index in [9.17, 15) is 26.4 Å². The second-order valence-electron chi connectivity index (χ2n) is 7.44. The highest BCUT2D eigenvalue weighted by Gasteiger charge is 2.48. The highest BCUT2D eigenvalue weighted by Crippen LogP contribution is 2.33. The van der Waals surface area contributed by atoms with E-state index in [0.717, 1.165) is 0 Å². The fourth-order valence-electron chi connectivity index (χ4n) is 2.92. The molecule has 0 spiro atoms. The lowest BCUT2D eigenvalue weighted by Gasteiger charge is -2.28. The number of aromatic nitrogens is 1. The lowest BCUT2D eigenvalue weighted by molar-refractivity contribution is -0.0555. The van der Waals surface area contributed by atoms with Crippen molar-refractivity contribution in [1.82, 2.24) is 4.98 Å². The number of nitrogens with zero attached hydrogens (tertiary/aromatic N) is 1. The third-order valence-electron chi connectivity index (χ3n) is 4.23. The number of alkyl halides is 3. The molecule has 0 bridgehead atoms. The monoisotopic (exact) mass is 421 g/mol. The van der Waals surface area contributed by atoms with E-state index in [1.807, 2.05) is 20.8 Å². The zero-order valence-electron chi connectivity index (χ0n) is 16.2. The first kappa shape index (κ1) is 22.4. The Bertz CT molecular complexity index is 1010. The van der Waals surface area contributed by atoms with Gasteiger partial charge in [-0.25, -0.2) is 9.78 Å². The Labute approximate surface area is 161 Å². The maximum absolute atomic E-state index is 12.7. The summed E-state index contributed by atoms with van der Waals surface area (Å²) in [5.41, 5.74) is -4.85. The van der Waals surface area contributed by atoms with Crippen molar-refractivity contribution in [3.05, 3.63) is 27.9 Å². The lowest BCUT2D eigenvalue weighted by atomic mass is 9.80. The summed E-state index contributed by atoms with van der Waals surface area (Å²) < 4.78 is 70.4. The van der Waals surface area contributed by atoms with E-state index in [-0.39, 0.29) is 18.7 Å². The van der Waals surface area contributed by atoms with Crippen LogP contribution in [0.4, 0.5) is 13.2 Å². The largest absolute Gasteiger partial charge is 0.523 e. The number of pyridine rings is 1. The summed E-state index contributed by atoms with van der Waals surface area (Å²) in [7, 11) is -5.75. The molecule has 0 saturated carbocycles. The quantitative estimate of drug-likeness (QED) is 0.421. The fraction of sp³-hybridized carbons (Fsp3) is 0.556. The number of aryl methyl sites for hydroxylation is 1. The van der Waals surface area contributed by atoms with Gasteiger partial charge in [0, 0.05) is 11.6 Å². The number of carbonyl (C=O) groups is 1. The lowest BCUT2D eigenvalue weighted by Crippen LogP contribution is -2.44. The van der Waals surface area contributed by atoms with Gasteiger partial charge in [0.15, 0.2) is 0 Å². The number of esters is 1. The molecule has 6 nitrogen and oxygen atoms in total. The van der Waals surface area contributed by atoms with Crippen LogP contribution >= 0.6 is 0 Å². The van der Waals surface area contributed by atoms with E-state index < -0.39 is 33.1 Å². The minimum absolute atomic E-state index is 0.0792. The van der Waals surface area contributed by atoms with Crippen LogP contribution in [0.15, 0.2) is 6.07 Å². The number of halogens is 3. The molecule has 1 aliphatic rings. The van der Waals surface area contributed by atoms with E-state index in [2.05, 4.69) is 9.17 Å². The molecule has 1 aromatic rings. The number of carbonyl (C=O) groups excluding carboxylic acids is 1. The Hall–Kier alpha value is -1.94. The van der Waals surface area contributed by atoms with Crippen LogP contribution in [0.2, 0.25) is 0 Å². The van der Waals surface area contributed by atoms with Gasteiger partial charge in [0.1, 0.15) is 11.8 Å². The van der Waals surface area contributed by atoms with Crippen LogP contribution in [0.1, 0.15) is 50.2 Å². The van der Waals surface area contributed by atoms with Crippen molar-refractivity contribution < 1.29 is 35.3 Å². The third kappa shape index (κ3) is 4.54. The van der Waals surface area contributed by atoms with Crippen LogP contribution in [-0.2, 0) is 19.0 Å². The van der Waals surface area contributed by atoms with Crippen molar-refractivity contribution in [2.75, 3.05) is 6.61 Å². The topological polar surface area (TPSA) is 82.6 Å². The minimum atomic E-state index is -5.75. The summed E-state index contributed by atoms with van der Waals surface area (Å²) in [6.45, 7) is 8.94. The maximum atomic E-state index is 12.7. The van der Waals surface area contributed by atoms with Gasteiger partial charge in [-0.05, 0) is 42.5 Å². The van der Waals surface area contributed by atoms with E-state index in [4.69, 9.17) is 4.74 Å². The van der Waals surface area contributed by atoms with E-state index in [1.54, 1.807) is 13.8 Å². The molecule has 0 fully saturated rings. The van der Waals surface area contributed by atoms with Crippen molar-refractivity contribution in [1.29, 1.82) is 0 Å². The van der Waals surface area contributed by atoms with Crippen LogP contribution < -0.4 is 10.6 Å². The van der Waals surface area contributed by atoms with Gasteiger partial charge in [-0.1, -0.05) is 20.8 Å². The number of fused-ring (bicyclic) bond motifs is 1. The number of hydrogen-bond donors (Lipinski definition) is 0. The standard InChI is InChI=1S/C18H22F3NO5S/c1-6-26-16(23)14-7-10(2)12-8-11(27-28(24,25)18(19,20)21)9-13(15(12)22-14)17(3,4)5/h7-8,11H,6,9H2,1-5H3. The normalized spacial score (nSPS) is 17.7. The van der Waals surface area contributed by atoms with Gasteiger partial charge in [-0.15, -0.1) is 0 Å². The summed E-state index contributed by atoms with van der Waals surface area (Å²) in [4.78, 5) is 16.4. The van der Waals surface area contributed by atoms with E-state index in [1.165, 1.54) is 12.1 Å². The zero-order chi connectivity index (χ0) is 21.5. The van der Waals surface area contributed by atoms with E-state index in [0.29, 0.717) is 21.7 Å². The molecule has 2 rings (SSSR count). The summed E-state index contributed by atoms with van der Waals surface area (Å²) in [6, 6.07) is 1.45. The first-order valence-corrected chi connectivity index (χ1v) is 9.98. The summed E-state index contributed by atoms with van der Waals surface area (Å²) in [6.07, 6.45) is -0.141. The molecule has 28 heavy (non-hydrogen) atoms. The van der Waals surface area contributed by atoms with Crippen molar-refractivity contribution in [2.24, 2.45) is 5.41 Å². The predicted molar refractivity (Wildman–Crippen MR) is 96.0 cm³/mol. The van der Waals surface area contributed by atoms with Gasteiger partial charge in [-0.3, -0.25) is 4.18 Å². The van der Waals surface area contributed by atoms with Crippen LogP contribution in [0.3, 0.4) is 0 Å². The van der Waals surface area contributed by atoms with Crippen molar-refractivity contribution in [2.45, 2.75) is 52.7 Å². The Morgan fingerprint density at radius 1 is 1.29 bits per heavy atom. The number of rotatable bonds is 4. The number of hydrogen-bond acceptors (Lipinski definition) is 6. The Balaban J connectivity index is 2.67. The van der Waals surface area contributed by atoms with Gasteiger partial charge >= 0.3 is 21.6 Å². The summed E-state index contributed by atoms with van der Waals surface area (Å²) in [5.74, 6) is -0.611. The van der Waals surface area contributed by atoms with Gasteiger partial charge in [0.2, 0.25) is 0 Å². The first-order chi connectivity index (χ1) is 12.7. The molecule has 0 aliphatic heterocycles. The average Bonchev–Trinajstić information content (AvgIpc) is 2.52. The van der Waals surface area contributed by atoms with Gasteiger partial charge in [-0.2, -0.15) is 21.6 Å². The maximum Gasteiger partial charge on any atom is 0.523 e.